The zero-order chi connectivity index (χ0) is 17.2. The lowest BCUT2D eigenvalue weighted by molar-refractivity contribution is -0.123. The van der Waals surface area contributed by atoms with E-state index < -0.39 is 0 Å². The molecule has 2 aromatic carbocycles. The van der Waals surface area contributed by atoms with Crippen LogP contribution >= 0.6 is 11.3 Å². The first-order valence-corrected chi connectivity index (χ1v) is 9.23. The molecule has 1 aliphatic rings. The molecule has 5 nitrogen and oxygen atoms in total. The second kappa shape index (κ2) is 6.82. The minimum absolute atomic E-state index is 0.292. The van der Waals surface area contributed by atoms with E-state index >= 15 is 0 Å². The number of carbonyl (C=O) groups excluding carboxylic acids is 1. The number of fused-ring (bicyclic) bond motifs is 1. The topological polar surface area (TPSA) is 62.5 Å². The summed E-state index contributed by atoms with van der Waals surface area (Å²) in [6, 6.07) is 17.6. The molecule has 6 heteroatoms. The highest BCUT2D eigenvalue weighted by molar-refractivity contribution is 7.22. The van der Waals surface area contributed by atoms with Crippen LogP contribution in [0, 0.1) is 0 Å². The zero-order valence-electron chi connectivity index (χ0n) is 13.8. The standard InChI is InChI=1S/C19H20N4OS/c20-18(24)17(14-6-2-1-3-7-14)22-10-12-23(13-11-22)19-21-15-8-4-5-9-16(15)25-19/h1-9,17H,10-13H2,(H2,20,24). The molecule has 1 amide bonds. The number of carbonyl (C=O) groups is 1. The SMILES string of the molecule is NC(=O)C(c1ccccc1)N1CCN(c2nc3ccccc3s2)CC1. The van der Waals surface area contributed by atoms with Gasteiger partial charge in [-0.2, -0.15) is 0 Å². The molecular formula is C19H20N4OS. The third-order valence-electron chi connectivity index (χ3n) is 4.62. The van der Waals surface area contributed by atoms with Crippen LogP contribution in [0.1, 0.15) is 11.6 Å². The number of hydrogen-bond acceptors (Lipinski definition) is 5. The summed E-state index contributed by atoms with van der Waals surface area (Å²) in [7, 11) is 0. The van der Waals surface area contributed by atoms with Crippen molar-refractivity contribution in [2.45, 2.75) is 6.04 Å². The summed E-state index contributed by atoms with van der Waals surface area (Å²) < 4.78 is 1.21. The van der Waals surface area contributed by atoms with Crippen LogP contribution in [0.5, 0.6) is 0 Å². The van der Waals surface area contributed by atoms with Crippen molar-refractivity contribution in [3.63, 3.8) is 0 Å². The molecule has 1 atom stereocenters. The Balaban J connectivity index is 1.49. The number of benzene rings is 2. The number of hydrogen-bond donors (Lipinski definition) is 1. The second-order valence-electron chi connectivity index (χ2n) is 6.20. The normalized spacial score (nSPS) is 16.9. The maximum Gasteiger partial charge on any atom is 0.239 e. The molecule has 0 spiro atoms. The van der Waals surface area contributed by atoms with Gasteiger partial charge in [0, 0.05) is 26.2 Å². The minimum atomic E-state index is -0.362. The number of rotatable bonds is 4. The number of piperazine rings is 1. The largest absolute Gasteiger partial charge is 0.368 e. The van der Waals surface area contributed by atoms with Gasteiger partial charge in [-0.3, -0.25) is 9.69 Å². The van der Waals surface area contributed by atoms with Gasteiger partial charge in [-0.15, -0.1) is 0 Å². The predicted molar refractivity (Wildman–Crippen MR) is 102 cm³/mol. The monoisotopic (exact) mass is 352 g/mol. The smallest absolute Gasteiger partial charge is 0.239 e. The first kappa shape index (κ1) is 16.1. The van der Waals surface area contributed by atoms with Gasteiger partial charge >= 0.3 is 0 Å². The molecule has 2 N–H and O–H groups in total. The third-order valence-corrected chi connectivity index (χ3v) is 5.71. The van der Waals surface area contributed by atoms with Gasteiger partial charge < -0.3 is 10.6 Å². The van der Waals surface area contributed by atoms with Gasteiger partial charge in [0.15, 0.2) is 5.13 Å². The predicted octanol–water partition coefficient (Wildman–Crippen LogP) is 2.64. The van der Waals surface area contributed by atoms with Gasteiger partial charge in [0.1, 0.15) is 6.04 Å². The van der Waals surface area contributed by atoms with E-state index in [9.17, 15) is 4.79 Å². The molecular weight excluding hydrogens is 332 g/mol. The maximum absolute atomic E-state index is 12.0. The van der Waals surface area contributed by atoms with Gasteiger partial charge in [-0.1, -0.05) is 53.8 Å². The summed E-state index contributed by atoms with van der Waals surface area (Å²) in [6.45, 7) is 3.27. The van der Waals surface area contributed by atoms with Crippen molar-refractivity contribution in [3.05, 3.63) is 60.2 Å². The van der Waals surface area contributed by atoms with E-state index in [1.165, 1.54) is 4.70 Å². The van der Waals surface area contributed by atoms with Crippen LogP contribution < -0.4 is 10.6 Å². The summed E-state index contributed by atoms with van der Waals surface area (Å²) in [5, 5.41) is 1.05. The summed E-state index contributed by atoms with van der Waals surface area (Å²) in [5.41, 5.74) is 7.70. The van der Waals surface area contributed by atoms with Crippen molar-refractivity contribution in [1.82, 2.24) is 9.88 Å². The van der Waals surface area contributed by atoms with Crippen LogP contribution in [-0.4, -0.2) is 42.0 Å². The van der Waals surface area contributed by atoms with Crippen molar-refractivity contribution < 1.29 is 4.79 Å². The molecule has 0 saturated carbocycles. The van der Waals surface area contributed by atoms with Crippen molar-refractivity contribution >= 4 is 32.6 Å². The molecule has 1 fully saturated rings. The summed E-state index contributed by atoms with van der Waals surface area (Å²) in [5.74, 6) is -0.292. The highest BCUT2D eigenvalue weighted by Crippen LogP contribution is 2.30. The number of anilines is 1. The number of thiazole rings is 1. The van der Waals surface area contributed by atoms with Crippen LogP contribution in [0.15, 0.2) is 54.6 Å². The first-order chi connectivity index (χ1) is 12.2. The highest BCUT2D eigenvalue weighted by Gasteiger charge is 2.29. The zero-order valence-corrected chi connectivity index (χ0v) is 14.7. The van der Waals surface area contributed by atoms with Crippen LogP contribution in [0.3, 0.4) is 0 Å². The summed E-state index contributed by atoms with van der Waals surface area (Å²) in [4.78, 5) is 21.2. The first-order valence-electron chi connectivity index (χ1n) is 8.41. The number of nitrogens with zero attached hydrogens (tertiary/aromatic N) is 3. The third kappa shape index (κ3) is 3.23. The molecule has 1 unspecified atom stereocenters. The van der Waals surface area contributed by atoms with E-state index in [1.54, 1.807) is 11.3 Å². The van der Waals surface area contributed by atoms with Gasteiger partial charge in [0.05, 0.1) is 10.2 Å². The molecule has 25 heavy (non-hydrogen) atoms. The molecule has 0 bridgehead atoms. The van der Waals surface area contributed by atoms with Crippen LogP contribution in [0.4, 0.5) is 5.13 Å². The van der Waals surface area contributed by atoms with E-state index in [2.05, 4.69) is 15.9 Å². The Kier molecular flexibility index (Phi) is 4.38. The lowest BCUT2D eigenvalue weighted by Crippen LogP contribution is -2.50. The van der Waals surface area contributed by atoms with E-state index in [1.807, 2.05) is 48.5 Å². The number of primary amides is 1. The fourth-order valence-corrected chi connectivity index (χ4v) is 4.37. The molecule has 2 heterocycles. The quantitative estimate of drug-likeness (QED) is 0.784. The molecule has 1 aromatic heterocycles. The van der Waals surface area contributed by atoms with E-state index in [0.717, 1.165) is 42.4 Å². The van der Waals surface area contributed by atoms with Crippen LogP contribution in [0.2, 0.25) is 0 Å². The molecule has 3 aromatic rings. The Morgan fingerprint density at radius 1 is 1.00 bits per heavy atom. The summed E-state index contributed by atoms with van der Waals surface area (Å²) >= 11 is 1.72. The molecule has 4 rings (SSSR count). The minimum Gasteiger partial charge on any atom is -0.368 e. The Bertz CT molecular complexity index is 838. The lowest BCUT2D eigenvalue weighted by Gasteiger charge is -2.38. The number of aromatic nitrogens is 1. The van der Waals surface area contributed by atoms with Gasteiger partial charge in [-0.25, -0.2) is 4.98 Å². The maximum atomic E-state index is 12.0. The van der Waals surface area contributed by atoms with Gasteiger partial charge in [0.25, 0.3) is 0 Å². The number of nitrogens with two attached hydrogens (primary N) is 1. The molecule has 0 radical (unpaired) electrons. The fourth-order valence-electron chi connectivity index (χ4n) is 3.36. The van der Waals surface area contributed by atoms with Gasteiger partial charge in [-0.05, 0) is 17.7 Å². The molecule has 1 saturated heterocycles. The molecule has 128 valence electrons. The molecule has 1 aliphatic heterocycles. The van der Waals surface area contributed by atoms with Crippen LogP contribution in [-0.2, 0) is 4.79 Å². The van der Waals surface area contributed by atoms with Crippen LogP contribution in [0.25, 0.3) is 10.2 Å². The van der Waals surface area contributed by atoms with Crippen molar-refractivity contribution in [1.29, 1.82) is 0 Å². The van der Waals surface area contributed by atoms with Crippen molar-refractivity contribution in [2.24, 2.45) is 5.73 Å². The Morgan fingerprint density at radius 3 is 2.36 bits per heavy atom. The average molecular weight is 352 g/mol. The van der Waals surface area contributed by atoms with Crippen molar-refractivity contribution in [3.8, 4) is 0 Å². The fraction of sp³-hybridized carbons (Fsp3) is 0.263. The molecule has 0 aliphatic carbocycles. The van der Waals surface area contributed by atoms with Crippen molar-refractivity contribution in [2.75, 3.05) is 31.1 Å². The van der Waals surface area contributed by atoms with Gasteiger partial charge in [0.2, 0.25) is 5.91 Å². The Labute approximate surface area is 150 Å². The second-order valence-corrected chi connectivity index (χ2v) is 7.21. The van der Waals surface area contributed by atoms with E-state index in [4.69, 9.17) is 10.7 Å². The number of amides is 1. The Morgan fingerprint density at radius 2 is 1.68 bits per heavy atom. The average Bonchev–Trinajstić information content (AvgIpc) is 3.07. The van der Waals surface area contributed by atoms with E-state index in [-0.39, 0.29) is 11.9 Å². The summed E-state index contributed by atoms with van der Waals surface area (Å²) in [6.07, 6.45) is 0. The highest BCUT2D eigenvalue weighted by atomic mass is 32.1. The number of para-hydroxylation sites is 1. The Hall–Kier alpha value is -2.44. The lowest BCUT2D eigenvalue weighted by atomic mass is 10.0. The van der Waals surface area contributed by atoms with E-state index in [0.29, 0.717) is 0 Å².